The highest BCUT2D eigenvalue weighted by Gasteiger charge is 2.33. The molecule has 1 aromatic heterocycles. The van der Waals surface area contributed by atoms with Gasteiger partial charge in [0.25, 0.3) is 0 Å². The summed E-state index contributed by atoms with van der Waals surface area (Å²) in [6.45, 7) is 0.0928. The van der Waals surface area contributed by atoms with Crippen LogP contribution in [0.1, 0.15) is 0 Å². The summed E-state index contributed by atoms with van der Waals surface area (Å²) in [6, 6.07) is 9.22. The average molecular weight is 328 g/mol. The van der Waals surface area contributed by atoms with Crippen molar-refractivity contribution >= 4 is 28.5 Å². The SMILES string of the molecule is COC(=O)C1=C(C(=O)OC)N(c2cccc3ncccc23)COC1. The molecule has 1 aliphatic heterocycles. The van der Waals surface area contributed by atoms with E-state index in [0.29, 0.717) is 5.69 Å². The lowest BCUT2D eigenvalue weighted by molar-refractivity contribution is -0.140. The molecule has 7 nitrogen and oxygen atoms in total. The van der Waals surface area contributed by atoms with Crippen LogP contribution in [0.15, 0.2) is 47.8 Å². The van der Waals surface area contributed by atoms with Crippen molar-refractivity contribution in [3.05, 3.63) is 47.8 Å². The molecule has 124 valence electrons. The number of carbonyl (C=O) groups excluding carboxylic acids is 2. The maximum atomic E-state index is 12.3. The Morgan fingerprint density at radius 3 is 2.67 bits per heavy atom. The highest BCUT2D eigenvalue weighted by atomic mass is 16.5. The summed E-state index contributed by atoms with van der Waals surface area (Å²) in [5.41, 5.74) is 1.70. The summed E-state index contributed by atoms with van der Waals surface area (Å²) in [5, 5.41) is 0.830. The predicted molar refractivity (Wildman–Crippen MR) is 86.1 cm³/mol. The first-order valence-corrected chi connectivity index (χ1v) is 7.26. The Morgan fingerprint density at radius 1 is 1.12 bits per heavy atom. The lowest BCUT2D eigenvalue weighted by Gasteiger charge is -2.31. The fourth-order valence-corrected chi connectivity index (χ4v) is 2.66. The summed E-state index contributed by atoms with van der Waals surface area (Å²) >= 11 is 0. The third-order valence-electron chi connectivity index (χ3n) is 3.75. The molecule has 0 saturated carbocycles. The van der Waals surface area contributed by atoms with Crippen molar-refractivity contribution in [2.75, 3.05) is 32.5 Å². The number of fused-ring (bicyclic) bond motifs is 1. The first-order chi connectivity index (χ1) is 11.7. The highest BCUT2D eigenvalue weighted by molar-refractivity contribution is 6.05. The van der Waals surface area contributed by atoms with Crippen molar-refractivity contribution in [2.24, 2.45) is 0 Å². The zero-order valence-corrected chi connectivity index (χ0v) is 13.3. The van der Waals surface area contributed by atoms with Crippen molar-refractivity contribution < 1.29 is 23.8 Å². The van der Waals surface area contributed by atoms with Gasteiger partial charge in [0, 0.05) is 11.6 Å². The molecule has 1 aromatic carbocycles. The molecule has 0 bridgehead atoms. The van der Waals surface area contributed by atoms with Gasteiger partial charge in [-0.05, 0) is 24.3 Å². The van der Waals surface area contributed by atoms with Gasteiger partial charge in [-0.2, -0.15) is 0 Å². The number of carbonyl (C=O) groups is 2. The number of nitrogens with zero attached hydrogens (tertiary/aromatic N) is 2. The zero-order valence-electron chi connectivity index (χ0n) is 13.3. The lowest BCUT2D eigenvalue weighted by Crippen LogP contribution is -2.38. The number of esters is 2. The third-order valence-corrected chi connectivity index (χ3v) is 3.75. The molecule has 1 aliphatic rings. The van der Waals surface area contributed by atoms with E-state index < -0.39 is 11.9 Å². The number of pyridine rings is 1. The van der Waals surface area contributed by atoms with E-state index in [2.05, 4.69) is 4.98 Å². The third kappa shape index (κ3) is 2.69. The topological polar surface area (TPSA) is 78.0 Å². The highest BCUT2D eigenvalue weighted by Crippen LogP contribution is 2.31. The van der Waals surface area contributed by atoms with Crippen LogP contribution in [0.25, 0.3) is 10.9 Å². The maximum Gasteiger partial charge on any atom is 0.355 e. The molecule has 0 unspecified atom stereocenters. The molecule has 0 spiro atoms. The molecule has 0 atom stereocenters. The van der Waals surface area contributed by atoms with E-state index in [-0.39, 0.29) is 24.6 Å². The molecule has 0 saturated heterocycles. The lowest BCUT2D eigenvalue weighted by atomic mass is 10.1. The molecule has 3 rings (SSSR count). The molecule has 2 aromatic rings. The second-order valence-corrected chi connectivity index (χ2v) is 5.06. The normalized spacial score (nSPS) is 14.7. The van der Waals surface area contributed by atoms with E-state index in [0.717, 1.165) is 10.9 Å². The van der Waals surface area contributed by atoms with E-state index in [1.54, 1.807) is 17.2 Å². The van der Waals surface area contributed by atoms with Crippen LogP contribution in [0.2, 0.25) is 0 Å². The number of anilines is 1. The van der Waals surface area contributed by atoms with Gasteiger partial charge in [-0.15, -0.1) is 0 Å². The molecular weight excluding hydrogens is 312 g/mol. The zero-order chi connectivity index (χ0) is 17.1. The number of aromatic nitrogens is 1. The van der Waals surface area contributed by atoms with E-state index >= 15 is 0 Å². The van der Waals surface area contributed by atoms with E-state index in [1.165, 1.54) is 14.2 Å². The Bertz CT molecular complexity index is 825. The molecule has 7 heteroatoms. The quantitative estimate of drug-likeness (QED) is 0.792. The van der Waals surface area contributed by atoms with Crippen LogP contribution in [0.3, 0.4) is 0 Å². The number of hydrogen-bond acceptors (Lipinski definition) is 7. The summed E-state index contributed by atoms with van der Waals surface area (Å²) in [6.07, 6.45) is 1.69. The minimum absolute atomic E-state index is 0.0172. The average Bonchev–Trinajstić information content (AvgIpc) is 2.65. The van der Waals surface area contributed by atoms with Gasteiger partial charge in [0.1, 0.15) is 12.4 Å². The van der Waals surface area contributed by atoms with Crippen LogP contribution in [-0.2, 0) is 23.8 Å². The first-order valence-electron chi connectivity index (χ1n) is 7.26. The van der Waals surface area contributed by atoms with Crippen molar-refractivity contribution in [1.29, 1.82) is 0 Å². The van der Waals surface area contributed by atoms with Gasteiger partial charge in [-0.25, -0.2) is 9.59 Å². The predicted octanol–water partition coefficient (Wildman–Crippen LogP) is 1.63. The largest absolute Gasteiger partial charge is 0.466 e. The van der Waals surface area contributed by atoms with Crippen molar-refractivity contribution in [3.8, 4) is 0 Å². The van der Waals surface area contributed by atoms with Gasteiger partial charge in [0.15, 0.2) is 0 Å². The first kappa shape index (κ1) is 15.9. The van der Waals surface area contributed by atoms with E-state index in [1.807, 2.05) is 24.3 Å². The molecule has 0 N–H and O–H groups in total. The van der Waals surface area contributed by atoms with Crippen LogP contribution >= 0.6 is 0 Å². The molecule has 0 fully saturated rings. The number of ether oxygens (including phenoxy) is 3. The van der Waals surface area contributed by atoms with Gasteiger partial charge in [0.05, 0.1) is 37.6 Å². The van der Waals surface area contributed by atoms with Gasteiger partial charge >= 0.3 is 11.9 Å². The van der Waals surface area contributed by atoms with Crippen molar-refractivity contribution in [2.45, 2.75) is 0 Å². The number of benzene rings is 1. The van der Waals surface area contributed by atoms with Crippen LogP contribution in [0, 0.1) is 0 Å². The number of hydrogen-bond donors (Lipinski definition) is 0. The number of methoxy groups -OCH3 is 2. The van der Waals surface area contributed by atoms with Crippen molar-refractivity contribution in [3.63, 3.8) is 0 Å². The van der Waals surface area contributed by atoms with Gasteiger partial charge in [0.2, 0.25) is 0 Å². The van der Waals surface area contributed by atoms with E-state index in [9.17, 15) is 9.59 Å². The fourth-order valence-electron chi connectivity index (χ4n) is 2.66. The minimum Gasteiger partial charge on any atom is -0.466 e. The summed E-state index contributed by atoms with van der Waals surface area (Å²) in [5.74, 6) is -1.25. The fraction of sp³-hybridized carbons (Fsp3) is 0.235. The van der Waals surface area contributed by atoms with Crippen molar-refractivity contribution in [1.82, 2.24) is 4.98 Å². The van der Waals surface area contributed by atoms with Crippen LogP contribution in [0.5, 0.6) is 0 Å². The summed E-state index contributed by atoms with van der Waals surface area (Å²) < 4.78 is 15.1. The monoisotopic (exact) mass is 328 g/mol. The Balaban J connectivity index is 2.20. The molecule has 24 heavy (non-hydrogen) atoms. The molecular formula is C17H16N2O5. The Kier molecular flexibility index (Phi) is 4.43. The summed E-state index contributed by atoms with van der Waals surface area (Å²) in [7, 11) is 2.52. The Hall–Kier alpha value is -2.93. The second-order valence-electron chi connectivity index (χ2n) is 5.06. The standard InChI is InChI=1S/C17H16N2O5/c1-22-16(20)12-9-24-10-19(15(12)17(21)23-2)14-7-3-6-13-11(14)5-4-8-18-13/h3-8H,9-10H2,1-2H3. The second kappa shape index (κ2) is 6.67. The van der Waals surface area contributed by atoms with Gasteiger partial charge in [-0.1, -0.05) is 6.07 Å². The Morgan fingerprint density at radius 2 is 1.92 bits per heavy atom. The smallest absolute Gasteiger partial charge is 0.355 e. The molecule has 0 radical (unpaired) electrons. The van der Waals surface area contributed by atoms with Crippen LogP contribution in [0.4, 0.5) is 5.69 Å². The molecule has 0 aliphatic carbocycles. The molecule has 0 amide bonds. The minimum atomic E-state index is -0.626. The molecule has 2 heterocycles. The van der Waals surface area contributed by atoms with E-state index in [4.69, 9.17) is 14.2 Å². The van der Waals surface area contributed by atoms with Gasteiger partial charge in [-0.3, -0.25) is 4.98 Å². The Labute approximate surface area is 138 Å². The van der Waals surface area contributed by atoms with Crippen LogP contribution < -0.4 is 4.90 Å². The van der Waals surface area contributed by atoms with Gasteiger partial charge < -0.3 is 19.1 Å². The van der Waals surface area contributed by atoms with Crippen LogP contribution in [-0.4, -0.2) is 44.5 Å². The summed E-state index contributed by atoms with van der Waals surface area (Å²) in [4.78, 5) is 30.3. The maximum absolute atomic E-state index is 12.3. The number of rotatable bonds is 3.